The Labute approximate surface area is 177 Å². The number of halogens is 6. The molecule has 1 aromatic rings. The Balaban J connectivity index is 3.27. The van der Waals surface area contributed by atoms with Crippen LogP contribution in [-0.2, 0) is 5.60 Å². The van der Waals surface area contributed by atoms with Crippen LogP contribution in [0.3, 0.4) is 0 Å². The van der Waals surface area contributed by atoms with Gasteiger partial charge in [0.15, 0.2) is 0 Å². The topological polar surface area (TPSA) is 64.0 Å². The van der Waals surface area contributed by atoms with Crippen LogP contribution in [0.25, 0.3) is 0 Å². The summed E-state index contributed by atoms with van der Waals surface area (Å²) in [4.78, 5) is 15.7. The molecule has 0 aliphatic rings. The van der Waals surface area contributed by atoms with Crippen molar-refractivity contribution >= 4 is 11.7 Å². The lowest BCUT2D eigenvalue weighted by atomic mass is 9.92. The molecule has 0 aliphatic carbocycles. The number of hydrogen-bond donors (Lipinski definition) is 2. The summed E-state index contributed by atoms with van der Waals surface area (Å²) in [5.41, 5.74) is -6.28. The number of rotatable bonds is 10. The van der Waals surface area contributed by atoms with E-state index in [2.05, 4.69) is 0 Å². The average Bonchev–Trinajstić information content (AvgIpc) is 2.69. The van der Waals surface area contributed by atoms with E-state index in [0.29, 0.717) is 50.9 Å². The molecule has 5 nitrogen and oxygen atoms in total. The minimum Gasteiger partial charge on any atom is -0.396 e. The summed E-state index contributed by atoms with van der Waals surface area (Å²) < 4.78 is 78.5. The molecule has 178 valence electrons. The lowest BCUT2D eigenvalue weighted by Crippen LogP contribution is -2.53. The van der Waals surface area contributed by atoms with Crippen LogP contribution < -0.4 is 4.90 Å². The number of amides is 2. The largest absolute Gasteiger partial charge is 0.430 e. The highest BCUT2D eigenvalue weighted by atomic mass is 19.4. The van der Waals surface area contributed by atoms with Crippen LogP contribution in [0.4, 0.5) is 36.8 Å². The van der Waals surface area contributed by atoms with E-state index in [1.165, 1.54) is 9.80 Å². The van der Waals surface area contributed by atoms with Gasteiger partial charge in [-0.05, 0) is 38.3 Å². The van der Waals surface area contributed by atoms with Gasteiger partial charge >= 0.3 is 18.4 Å². The van der Waals surface area contributed by atoms with Gasteiger partial charge in [0.1, 0.15) is 0 Å². The van der Waals surface area contributed by atoms with Crippen molar-refractivity contribution in [1.82, 2.24) is 4.90 Å². The highest BCUT2D eigenvalue weighted by Crippen LogP contribution is 2.50. The van der Waals surface area contributed by atoms with Gasteiger partial charge in [-0.3, -0.25) is 4.90 Å². The molecule has 0 saturated heterocycles. The van der Waals surface area contributed by atoms with Crippen LogP contribution in [0, 0.1) is 0 Å². The van der Waals surface area contributed by atoms with Gasteiger partial charge in [0, 0.05) is 37.5 Å². The van der Waals surface area contributed by atoms with Crippen LogP contribution in [0.1, 0.15) is 45.1 Å². The fourth-order valence-electron chi connectivity index (χ4n) is 3.00. The van der Waals surface area contributed by atoms with Crippen molar-refractivity contribution in [1.29, 1.82) is 0 Å². The molecular formula is C20H28F6N2O3. The molecule has 0 radical (unpaired) electrons. The zero-order valence-electron chi connectivity index (χ0n) is 17.4. The number of unbranched alkanes of at least 4 members (excludes halogenated alkanes) is 2. The van der Waals surface area contributed by atoms with Crippen molar-refractivity contribution in [3.05, 3.63) is 29.8 Å². The SMILES string of the molecule is CCCCN(C(=O)N(CC)CCCCO)c1ccc(C(O)(C(F)(F)F)C(F)(F)F)cc1. The summed E-state index contributed by atoms with van der Waals surface area (Å²) in [5.74, 6) is 0. The number of benzene rings is 1. The molecule has 11 heteroatoms. The Hall–Kier alpha value is -2.01. The lowest BCUT2D eigenvalue weighted by Gasteiger charge is -2.33. The van der Waals surface area contributed by atoms with E-state index in [0.717, 1.165) is 12.1 Å². The Morgan fingerprint density at radius 3 is 1.87 bits per heavy atom. The number of hydrogen-bond acceptors (Lipinski definition) is 3. The molecule has 0 aromatic heterocycles. The Morgan fingerprint density at radius 1 is 0.903 bits per heavy atom. The van der Waals surface area contributed by atoms with Gasteiger partial charge in [-0.2, -0.15) is 26.3 Å². The van der Waals surface area contributed by atoms with Crippen molar-refractivity contribution in [3.8, 4) is 0 Å². The quantitative estimate of drug-likeness (QED) is 0.390. The third-order valence-corrected chi connectivity index (χ3v) is 4.87. The smallest absolute Gasteiger partial charge is 0.396 e. The molecule has 0 fully saturated rings. The summed E-state index contributed by atoms with van der Waals surface area (Å²) in [5, 5.41) is 18.4. The number of carbonyl (C=O) groups is 1. The average molecular weight is 458 g/mol. The van der Waals surface area contributed by atoms with Crippen molar-refractivity contribution in [2.45, 2.75) is 57.5 Å². The summed E-state index contributed by atoms with van der Waals surface area (Å²) in [7, 11) is 0. The second kappa shape index (κ2) is 11.0. The zero-order valence-corrected chi connectivity index (χ0v) is 17.4. The van der Waals surface area contributed by atoms with Crippen molar-refractivity contribution < 1.29 is 41.4 Å². The standard InChI is InChI=1S/C20H28F6N2O3/c1-3-5-13-28(17(30)27(4-2)12-6-7-14-29)16-10-8-15(9-11-16)18(31,19(21,22)23)20(24,25)26/h8-11,29,31H,3-7,12-14H2,1-2H3. The zero-order chi connectivity index (χ0) is 23.9. The van der Waals surface area contributed by atoms with E-state index in [9.17, 15) is 36.2 Å². The number of anilines is 1. The minimum atomic E-state index is -5.98. The second-order valence-electron chi connectivity index (χ2n) is 7.05. The third kappa shape index (κ3) is 6.25. The van der Waals surface area contributed by atoms with Gasteiger partial charge in [-0.1, -0.05) is 25.5 Å². The Bertz CT molecular complexity index is 678. The summed E-state index contributed by atoms with van der Waals surface area (Å²) >= 11 is 0. The van der Waals surface area contributed by atoms with E-state index in [4.69, 9.17) is 5.11 Å². The molecule has 0 heterocycles. The van der Waals surface area contributed by atoms with Gasteiger partial charge in [-0.15, -0.1) is 0 Å². The maximum Gasteiger partial charge on any atom is 0.430 e. The summed E-state index contributed by atoms with van der Waals surface area (Å²) in [6.07, 6.45) is -9.65. The highest BCUT2D eigenvalue weighted by Gasteiger charge is 2.71. The predicted octanol–water partition coefficient (Wildman–Crippen LogP) is 4.82. The second-order valence-corrected chi connectivity index (χ2v) is 7.05. The lowest BCUT2D eigenvalue weighted by molar-refractivity contribution is -0.376. The molecule has 1 rings (SSSR count). The van der Waals surface area contributed by atoms with Crippen LogP contribution >= 0.6 is 0 Å². The molecule has 31 heavy (non-hydrogen) atoms. The van der Waals surface area contributed by atoms with Crippen LogP contribution in [0.2, 0.25) is 0 Å². The first-order valence-corrected chi connectivity index (χ1v) is 9.98. The molecule has 2 N–H and O–H groups in total. The number of aliphatic hydroxyl groups excluding tert-OH is 1. The molecular weight excluding hydrogens is 430 g/mol. The third-order valence-electron chi connectivity index (χ3n) is 4.87. The first kappa shape index (κ1) is 27.0. The molecule has 0 saturated carbocycles. The molecule has 2 amide bonds. The molecule has 0 atom stereocenters. The Morgan fingerprint density at radius 2 is 1.45 bits per heavy atom. The molecule has 0 bridgehead atoms. The number of alkyl halides is 6. The normalized spacial score (nSPS) is 12.7. The van der Waals surface area contributed by atoms with E-state index in [1.54, 1.807) is 6.92 Å². The fraction of sp³-hybridized carbons (Fsp3) is 0.650. The number of aliphatic hydroxyl groups is 2. The maximum absolute atomic E-state index is 13.1. The first-order chi connectivity index (χ1) is 14.3. The van der Waals surface area contributed by atoms with Crippen molar-refractivity contribution in [2.75, 3.05) is 31.1 Å². The molecule has 0 spiro atoms. The number of urea groups is 1. The van der Waals surface area contributed by atoms with E-state index in [-0.39, 0.29) is 18.8 Å². The van der Waals surface area contributed by atoms with Crippen LogP contribution in [-0.4, -0.2) is 59.7 Å². The van der Waals surface area contributed by atoms with Gasteiger partial charge in [0.25, 0.3) is 5.60 Å². The van der Waals surface area contributed by atoms with Gasteiger partial charge in [-0.25, -0.2) is 4.79 Å². The first-order valence-electron chi connectivity index (χ1n) is 9.98. The highest BCUT2D eigenvalue weighted by molar-refractivity contribution is 5.92. The molecule has 1 aromatic carbocycles. The monoisotopic (exact) mass is 458 g/mol. The minimum absolute atomic E-state index is 0.0337. The summed E-state index contributed by atoms with van der Waals surface area (Å²) in [6, 6.07) is 2.55. The van der Waals surface area contributed by atoms with Gasteiger partial charge in [0.05, 0.1) is 0 Å². The Kier molecular flexibility index (Phi) is 9.62. The van der Waals surface area contributed by atoms with E-state index >= 15 is 0 Å². The summed E-state index contributed by atoms with van der Waals surface area (Å²) in [6.45, 7) is 4.48. The van der Waals surface area contributed by atoms with Gasteiger partial charge < -0.3 is 15.1 Å². The van der Waals surface area contributed by atoms with E-state index in [1.807, 2.05) is 6.92 Å². The van der Waals surface area contributed by atoms with E-state index < -0.39 is 29.5 Å². The number of carbonyl (C=O) groups excluding carboxylic acids is 1. The maximum atomic E-state index is 13.1. The van der Waals surface area contributed by atoms with Crippen LogP contribution in [0.5, 0.6) is 0 Å². The number of nitrogens with zero attached hydrogens (tertiary/aromatic N) is 2. The van der Waals surface area contributed by atoms with Crippen molar-refractivity contribution in [3.63, 3.8) is 0 Å². The predicted molar refractivity (Wildman–Crippen MR) is 104 cm³/mol. The molecule has 0 unspecified atom stereocenters. The van der Waals surface area contributed by atoms with Crippen molar-refractivity contribution in [2.24, 2.45) is 0 Å². The van der Waals surface area contributed by atoms with Gasteiger partial charge in [0.2, 0.25) is 0 Å². The molecule has 0 aliphatic heterocycles. The fourth-order valence-corrected chi connectivity index (χ4v) is 3.00. The van der Waals surface area contributed by atoms with Crippen LogP contribution in [0.15, 0.2) is 24.3 Å².